The molecule has 5 heteroatoms. The van der Waals surface area contributed by atoms with E-state index in [0.29, 0.717) is 31.7 Å². The van der Waals surface area contributed by atoms with Crippen molar-refractivity contribution in [1.82, 2.24) is 4.90 Å². The minimum Gasteiger partial charge on any atom is -0.481 e. The van der Waals surface area contributed by atoms with E-state index in [4.69, 9.17) is 4.74 Å². The number of amides is 1. The quantitative estimate of drug-likeness (QED) is 0.931. The summed E-state index contributed by atoms with van der Waals surface area (Å²) in [7, 11) is 0. The van der Waals surface area contributed by atoms with E-state index in [9.17, 15) is 14.3 Å². The van der Waals surface area contributed by atoms with Gasteiger partial charge in [-0.15, -0.1) is 0 Å². The molecule has 2 rings (SSSR count). The summed E-state index contributed by atoms with van der Waals surface area (Å²) in [5.41, 5.74) is -0.698. The molecule has 0 radical (unpaired) electrons. The zero-order chi connectivity index (χ0) is 15.5. The molecule has 116 valence electrons. The number of carbonyl (C=O) groups is 1. The smallest absolute Gasteiger partial charge is 0.263 e. The van der Waals surface area contributed by atoms with Gasteiger partial charge in [0.15, 0.2) is 6.10 Å². The molecule has 0 aromatic heterocycles. The van der Waals surface area contributed by atoms with Gasteiger partial charge in [-0.25, -0.2) is 4.39 Å². The van der Waals surface area contributed by atoms with E-state index in [2.05, 4.69) is 0 Å². The van der Waals surface area contributed by atoms with Crippen LogP contribution in [-0.2, 0) is 4.79 Å². The topological polar surface area (TPSA) is 49.8 Å². The first-order chi connectivity index (χ1) is 9.87. The van der Waals surface area contributed by atoms with Crippen molar-refractivity contribution >= 4 is 5.91 Å². The highest BCUT2D eigenvalue weighted by molar-refractivity contribution is 5.80. The summed E-state index contributed by atoms with van der Waals surface area (Å²) in [6.07, 6.45) is 1.42. The van der Waals surface area contributed by atoms with E-state index in [-0.39, 0.29) is 11.7 Å². The van der Waals surface area contributed by atoms with Gasteiger partial charge in [-0.2, -0.15) is 0 Å². The van der Waals surface area contributed by atoms with E-state index < -0.39 is 11.7 Å². The van der Waals surface area contributed by atoms with Gasteiger partial charge in [0.25, 0.3) is 5.91 Å². The van der Waals surface area contributed by atoms with Crippen LogP contribution >= 0.6 is 0 Å². The lowest BCUT2D eigenvalue weighted by Crippen LogP contribution is -2.41. The number of aliphatic hydroxyl groups is 1. The monoisotopic (exact) mass is 295 g/mol. The maximum absolute atomic E-state index is 12.8. The van der Waals surface area contributed by atoms with Crippen molar-refractivity contribution in [3.8, 4) is 5.75 Å². The molecule has 1 amide bonds. The van der Waals surface area contributed by atoms with Crippen molar-refractivity contribution in [3.05, 3.63) is 30.1 Å². The average Bonchev–Trinajstić information content (AvgIpc) is 2.61. The molecule has 4 nitrogen and oxygen atoms in total. The van der Waals surface area contributed by atoms with Gasteiger partial charge in [-0.1, -0.05) is 0 Å². The number of rotatable bonds is 3. The number of hydrogen-bond acceptors (Lipinski definition) is 3. The zero-order valence-electron chi connectivity index (χ0n) is 12.5. The fourth-order valence-electron chi connectivity index (χ4n) is 2.51. The molecule has 2 unspecified atom stereocenters. The number of carbonyl (C=O) groups excluding carboxylic acids is 1. The molecule has 0 spiro atoms. The first-order valence-corrected chi connectivity index (χ1v) is 7.31. The Bertz CT molecular complexity index is 487. The summed E-state index contributed by atoms with van der Waals surface area (Å²) < 4.78 is 18.4. The van der Waals surface area contributed by atoms with Gasteiger partial charge in [0.2, 0.25) is 0 Å². The summed E-state index contributed by atoms with van der Waals surface area (Å²) in [5, 5.41) is 10.0. The molecule has 1 aromatic carbocycles. The number of halogens is 1. The van der Waals surface area contributed by atoms with Crippen LogP contribution in [0.2, 0.25) is 0 Å². The number of benzene rings is 1. The molecular formula is C16H22FNO3. The van der Waals surface area contributed by atoms with Crippen molar-refractivity contribution < 1.29 is 19.0 Å². The Morgan fingerprint density at radius 1 is 1.33 bits per heavy atom. The minimum atomic E-state index is -0.698. The van der Waals surface area contributed by atoms with Crippen molar-refractivity contribution in [3.63, 3.8) is 0 Å². The third kappa shape index (κ3) is 4.43. The van der Waals surface area contributed by atoms with Crippen molar-refractivity contribution in [1.29, 1.82) is 0 Å². The van der Waals surface area contributed by atoms with Gasteiger partial charge in [0.1, 0.15) is 11.6 Å². The average molecular weight is 295 g/mol. The van der Waals surface area contributed by atoms with Gasteiger partial charge in [-0.05, 0) is 57.4 Å². The van der Waals surface area contributed by atoms with Crippen molar-refractivity contribution in [2.45, 2.75) is 44.8 Å². The summed E-state index contributed by atoms with van der Waals surface area (Å²) in [5.74, 6) is 0.0344. The largest absolute Gasteiger partial charge is 0.481 e. The zero-order valence-corrected chi connectivity index (χ0v) is 12.5. The Balaban J connectivity index is 1.94. The second kappa shape index (κ2) is 6.43. The van der Waals surface area contributed by atoms with Crippen LogP contribution in [0.5, 0.6) is 5.75 Å². The molecule has 0 bridgehead atoms. The van der Waals surface area contributed by atoms with Gasteiger partial charge in [0.05, 0.1) is 5.60 Å². The molecule has 1 aliphatic rings. The first kappa shape index (κ1) is 15.8. The molecule has 21 heavy (non-hydrogen) atoms. The van der Waals surface area contributed by atoms with Crippen LogP contribution in [0, 0.1) is 5.82 Å². The fraction of sp³-hybridized carbons (Fsp3) is 0.562. The van der Waals surface area contributed by atoms with Crippen LogP contribution in [0.3, 0.4) is 0 Å². The lowest BCUT2D eigenvalue weighted by Gasteiger charge is -2.25. The Kier molecular flexibility index (Phi) is 4.83. The molecule has 0 aliphatic carbocycles. The predicted octanol–water partition coefficient (Wildman–Crippen LogP) is 2.36. The number of hydrogen-bond donors (Lipinski definition) is 1. The van der Waals surface area contributed by atoms with E-state index in [0.717, 1.165) is 6.42 Å². The van der Waals surface area contributed by atoms with Crippen LogP contribution in [0.25, 0.3) is 0 Å². The third-order valence-electron chi connectivity index (χ3n) is 3.85. The highest BCUT2D eigenvalue weighted by atomic mass is 19.1. The third-order valence-corrected chi connectivity index (χ3v) is 3.85. The number of nitrogens with zero attached hydrogens (tertiary/aromatic N) is 1. The van der Waals surface area contributed by atoms with Crippen LogP contribution in [0.1, 0.15) is 33.1 Å². The van der Waals surface area contributed by atoms with E-state index in [1.54, 1.807) is 18.7 Å². The van der Waals surface area contributed by atoms with Crippen LogP contribution in [0.4, 0.5) is 4.39 Å². The molecule has 1 N–H and O–H groups in total. The lowest BCUT2D eigenvalue weighted by atomic mass is 9.98. The standard InChI is InChI=1S/C16H22FNO3/c1-12(21-14-6-4-13(17)5-7-14)15(19)18-10-3-8-16(2,20)9-11-18/h4-7,12,20H,3,8-11H2,1-2H3. The Morgan fingerprint density at radius 3 is 2.67 bits per heavy atom. The van der Waals surface area contributed by atoms with Gasteiger partial charge in [-0.3, -0.25) is 4.79 Å². The van der Waals surface area contributed by atoms with Gasteiger partial charge < -0.3 is 14.7 Å². The van der Waals surface area contributed by atoms with Crippen LogP contribution in [-0.4, -0.2) is 40.7 Å². The molecule has 0 saturated carbocycles. The highest BCUT2D eigenvalue weighted by Crippen LogP contribution is 2.22. The fourth-order valence-corrected chi connectivity index (χ4v) is 2.51. The molecule has 1 aliphatic heterocycles. The van der Waals surface area contributed by atoms with E-state index in [1.807, 2.05) is 0 Å². The first-order valence-electron chi connectivity index (χ1n) is 7.31. The molecule has 2 atom stereocenters. The lowest BCUT2D eigenvalue weighted by molar-refractivity contribution is -0.138. The maximum atomic E-state index is 12.8. The van der Waals surface area contributed by atoms with Crippen molar-refractivity contribution in [2.24, 2.45) is 0 Å². The Hall–Kier alpha value is -1.62. The minimum absolute atomic E-state index is 0.1000. The van der Waals surface area contributed by atoms with Crippen LogP contribution < -0.4 is 4.74 Å². The molecule has 1 heterocycles. The summed E-state index contributed by atoms with van der Waals surface area (Å²) in [4.78, 5) is 14.1. The molecule has 1 aromatic rings. The van der Waals surface area contributed by atoms with Crippen molar-refractivity contribution in [2.75, 3.05) is 13.1 Å². The summed E-state index contributed by atoms with van der Waals surface area (Å²) >= 11 is 0. The second-order valence-corrected chi connectivity index (χ2v) is 5.89. The molecule has 1 fully saturated rings. The number of ether oxygens (including phenoxy) is 1. The number of likely N-dealkylation sites (tertiary alicyclic amines) is 1. The van der Waals surface area contributed by atoms with Gasteiger partial charge >= 0.3 is 0 Å². The normalized spacial score (nSPS) is 24.3. The highest BCUT2D eigenvalue weighted by Gasteiger charge is 2.29. The van der Waals surface area contributed by atoms with Gasteiger partial charge in [0, 0.05) is 13.1 Å². The predicted molar refractivity (Wildman–Crippen MR) is 77.5 cm³/mol. The van der Waals surface area contributed by atoms with E-state index >= 15 is 0 Å². The maximum Gasteiger partial charge on any atom is 0.263 e. The van der Waals surface area contributed by atoms with Crippen LogP contribution in [0.15, 0.2) is 24.3 Å². The van der Waals surface area contributed by atoms with E-state index in [1.165, 1.54) is 24.3 Å². The summed E-state index contributed by atoms with van der Waals surface area (Å²) in [6, 6.07) is 5.62. The SMILES string of the molecule is CC(Oc1ccc(F)cc1)C(=O)N1CCCC(C)(O)CC1. The molecular weight excluding hydrogens is 273 g/mol. The molecule has 1 saturated heterocycles. The Labute approximate surface area is 124 Å². The summed E-state index contributed by atoms with van der Waals surface area (Å²) in [6.45, 7) is 4.66. The second-order valence-electron chi connectivity index (χ2n) is 5.89. The Morgan fingerprint density at radius 2 is 2.00 bits per heavy atom.